The minimum absolute atomic E-state index is 0.0938. The highest BCUT2D eigenvalue weighted by Crippen LogP contribution is 2.53. The fraction of sp³-hybridized carbons (Fsp3) is 0.682. The van der Waals surface area contributed by atoms with Gasteiger partial charge in [0, 0.05) is 18.4 Å². The fourth-order valence-electron chi connectivity index (χ4n) is 6.68. The average Bonchev–Trinajstić information content (AvgIpc) is 3.31. The van der Waals surface area contributed by atoms with Crippen molar-refractivity contribution in [2.75, 3.05) is 13.1 Å². The first-order valence-electron chi connectivity index (χ1n) is 10.3. The van der Waals surface area contributed by atoms with Gasteiger partial charge in [-0.1, -0.05) is 30.7 Å². The van der Waals surface area contributed by atoms with E-state index in [1.165, 1.54) is 62.7 Å². The van der Waals surface area contributed by atoms with Crippen LogP contribution >= 0.6 is 0 Å². The maximum absolute atomic E-state index is 11.7. The third kappa shape index (κ3) is 2.54. The quantitative estimate of drug-likeness (QED) is 0.890. The van der Waals surface area contributed by atoms with Crippen LogP contribution in [0.1, 0.15) is 69.0 Å². The number of nitrogens with zero attached hydrogens (tertiary/aromatic N) is 1. The van der Waals surface area contributed by atoms with Crippen molar-refractivity contribution < 1.29 is 4.79 Å². The van der Waals surface area contributed by atoms with Gasteiger partial charge in [-0.15, -0.1) is 0 Å². The Hall–Kier alpha value is -1.35. The highest BCUT2D eigenvalue weighted by atomic mass is 16.1. The number of nitrogens with one attached hydrogen (secondary N) is 1. The Morgan fingerprint density at radius 3 is 2.64 bits per heavy atom. The molecule has 1 N–H and O–H groups in total. The molecular weight excluding hydrogens is 308 g/mol. The monoisotopic (exact) mass is 338 g/mol. The van der Waals surface area contributed by atoms with Crippen LogP contribution in [0.3, 0.4) is 0 Å². The number of carbonyl (C=O) groups excluding carboxylic acids is 1. The molecule has 1 aromatic rings. The molecule has 3 aliphatic carbocycles. The molecule has 1 amide bonds. The van der Waals surface area contributed by atoms with Gasteiger partial charge in [0.05, 0.1) is 6.04 Å². The molecule has 3 nitrogen and oxygen atoms in total. The first-order valence-corrected chi connectivity index (χ1v) is 10.3. The van der Waals surface area contributed by atoms with Crippen molar-refractivity contribution in [3.05, 3.63) is 35.4 Å². The molecule has 1 aromatic carbocycles. The number of piperidine rings is 1. The second-order valence-electron chi connectivity index (χ2n) is 9.10. The van der Waals surface area contributed by atoms with Gasteiger partial charge in [0.25, 0.3) is 0 Å². The number of benzene rings is 1. The van der Waals surface area contributed by atoms with E-state index in [9.17, 15) is 4.79 Å². The lowest BCUT2D eigenvalue weighted by molar-refractivity contribution is -0.119. The van der Waals surface area contributed by atoms with Gasteiger partial charge in [-0.2, -0.15) is 0 Å². The molecule has 4 atom stereocenters. The van der Waals surface area contributed by atoms with E-state index in [4.69, 9.17) is 0 Å². The van der Waals surface area contributed by atoms with Gasteiger partial charge < -0.3 is 10.2 Å². The second-order valence-corrected chi connectivity index (χ2v) is 9.10. The third-order valence-corrected chi connectivity index (χ3v) is 7.80. The van der Waals surface area contributed by atoms with Crippen LogP contribution in [0.2, 0.25) is 0 Å². The van der Waals surface area contributed by atoms with Crippen LogP contribution in [0.4, 0.5) is 0 Å². The Balaban J connectivity index is 1.34. The van der Waals surface area contributed by atoms with Crippen LogP contribution in [-0.4, -0.2) is 29.9 Å². The van der Waals surface area contributed by atoms with Gasteiger partial charge in [0.2, 0.25) is 5.91 Å². The van der Waals surface area contributed by atoms with Crippen molar-refractivity contribution in [3.8, 4) is 0 Å². The number of likely N-dealkylation sites (tertiary alicyclic amines) is 1. The Bertz CT molecular complexity index is 676. The fourth-order valence-corrected chi connectivity index (χ4v) is 6.68. The van der Waals surface area contributed by atoms with Crippen LogP contribution < -0.4 is 5.32 Å². The molecule has 1 saturated heterocycles. The van der Waals surface area contributed by atoms with Crippen molar-refractivity contribution in [3.63, 3.8) is 0 Å². The highest BCUT2D eigenvalue weighted by molar-refractivity contribution is 5.73. The highest BCUT2D eigenvalue weighted by Gasteiger charge is 2.48. The summed E-state index contributed by atoms with van der Waals surface area (Å²) in [4.78, 5) is 14.5. The lowest BCUT2D eigenvalue weighted by atomic mass is 9.73. The van der Waals surface area contributed by atoms with Crippen molar-refractivity contribution in [1.82, 2.24) is 10.2 Å². The smallest absolute Gasteiger partial charge is 0.217 e. The van der Waals surface area contributed by atoms with E-state index in [0.29, 0.717) is 0 Å². The first kappa shape index (κ1) is 15.9. The Morgan fingerprint density at radius 1 is 1.16 bits per heavy atom. The van der Waals surface area contributed by atoms with E-state index < -0.39 is 0 Å². The topological polar surface area (TPSA) is 32.3 Å². The van der Waals surface area contributed by atoms with Crippen LogP contribution in [-0.2, 0) is 10.2 Å². The summed E-state index contributed by atoms with van der Waals surface area (Å²) < 4.78 is 0. The SMILES string of the molecule is CC(=O)N[C@@H]1CC2(CCN([C@H]3C[C@@H]4CC[C@H]3C4)CC2)c2ccccc21. The zero-order chi connectivity index (χ0) is 17.0. The summed E-state index contributed by atoms with van der Waals surface area (Å²) in [6.45, 7) is 4.13. The normalized spacial score (nSPS) is 35.9. The van der Waals surface area contributed by atoms with Gasteiger partial charge in [-0.05, 0) is 74.6 Å². The average molecular weight is 338 g/mol. The number of fused-ring (bicyclic) bond motifs is 4. The molecule has 4 aliphatic rings. The Kier molecular flexibility index (Phi) is 3.70. The minimum Gasteiger partial charge on any atom is -0.349 e. The summed E-state index contributed by atoms with van der Waals surface area (Å²) in [6.07, 6.45) is 9.54. The molecule has 1 aliphatic heterocycles. The number of hydrogen-bond acceptors (Lipinski definition) is 2. The molecule has 3 fully saturated rings. The van der Waals surface area contributed by atoms with Crippen molar-refractivity contribution in [2.45, 2.75) is 69.4 Å². The molecule has 0 unspecified atom stereocenters. The molecule has 2 saturated carbocycles. The molecular formula is C22H30N2O. The summed E-state index contributed by atoms with van der Waals surface area (Å²) in [5.74, 6) is 2.11. The standard InChI is InChI=1S/C22H30N2O/c1-15(25)23-20-14-22(19-5-3-2-4-18(19)20)8-10-24(11-9-22)21-13-16-6-7-17(21)12-16/h2-5,16-17,20-21H,6-14H2,1H3,(H,23,25)/t16-,17+,20-,21+/m1/s1. The van der Waals surface area contributed by atoms with E-state index in [1.807, 2.05) is 0 Å². The molecule has 0 aromatic heterocycles. The summed E-state index contributed by atoms with van der Waals surface area (Å²) >= 11 is 0. The van der Waals surface area contributed by atoms with Gasteiger partial charge in [0.15, 0.2) is 0 Å². The van der Waals surface area contributed by atoms with Crippen molar-refractivity contribution in [2.24, 2.45) is 11.8 Å². The van der Waals surface area contributed by atoms with Crippen LogP contribution in [0.25, 0.3) is 0 Å². The summed E-state index contributed by atoms with van der Waals surface area (Å²) in [6, 6.07) is 9.94. The zero-order valence-corrected chi connectivity index (χ0v) is 15.3. The summed E-state index contributed by atoms with van der Waals surface area (Å²) in [7, 11) is 0. The molecule has 1 spiro atoms. The maximum atomic E-state index is 11.7. The summed E-state index contributed by atoms with van der Waals surface area (Å²) in [5.41, 5.74) is 3.17. The predicted octanol–water partition coefficient (Wildman–Crippen LogP) is 3.79. The van der Waals surface area contributed by atoms with Crippen molar-refractivity contribution in [1.29, 1.82) is 0 Å². The van der Waals surface area contributed by atoms with Crippen LogP contribution in [0.5, 0.6) is 0 Å². The lowest BCUT2D eigenvalue weighted by Gasteiger charge is -2.44. The number of amides is 1. The number of hydrogen-bond donors (Lipinski definition) is 1. The third-order valence-electron chi connectivity index (χ3n) is 7.80. The Labute approximate surface area is 151 Å². The van der Waals surface area contributed by atoms with Gasteiger partial charge in [0.1, 0.15) is 0 Å². The first-order chi connectivity index (χ1) is 12.1. The number of rotatable bonds is 2. The molecule has 25 heavy (non-hydrogen) atoms. The molecule has 134 valence electrons. The summed E-state index contributed by atoms with van der Waals surface area (Å²) in [5, 5.41) is 3.21. The van der Waals surface area contributed by atoms with E-state index in [1.54, 1.807) is 6.92 Å². The largest absolute Gasteiger partial charge is 0.349 e. The molecule has 2 bridgehead atoms. The van der Waals surface area contributed by atoms with Gasteiger partial charge >= 0.3 is 0 Å². The van der Waals surface area contributed by atoms with Gasteiger partial charge in [-0.25, -0.2) is 0 Å². The number of carbonyl (C=O) groups is 1. The van der Waals surface area contributed by atoms with E-state index in [0.717, 1.165) is 24.3 Å². The molecule has 5 rings (SSSR count). The van der Waals surface area contributed by atoms with Crippen molar-refractivity contribution >= 4 is 5.91 Å². The predicted molar refractivity (Wildman–Crippen MR) is 99.3 cm³/mol. The van der Waals surface area contributed by atoms with E-state index in [2.05, 4.69) is 34.5 Å². The maximum Gasteiger partial charge on any atom is 0.217 e. The van der Waals surface area contributed by atoms with E-state index in [-0.39, 0.29) is 17.4 Å². The Morgan fingerprint density at radius 2 is 1.96 bits per heavy atom. The van der Waals surface area contributed by atoms with Crippen LogP contribution in [0.15, 0.2) is 24.3 Å². The minimum atomic E-state index is 0.0938. The molecule has 1 heterocycles. The molecule has 3 heteroatoms. The second kappa shape index (κ2) is 5.84. The van der Waals surface area contributed by atoms with E-state index >= 15 is 0 Å². The zero-order valence-electron chi connectivity index (χ0n) is 15.3. The van der Waals surface area contributed by atoms with Gasteiger partial charge in [-0.3, -0.25) is 4.79 Å². The molecule has 0 radical (unpaired) electrons. The lowest BCUT2D eigenvalue weighted by Crippen LogP contribution is -2.48. The van der Waals surface area contributed by atoms with Crippen LogP contribution in [0, 0.1) is 11.8 Å².